The highest BCUT2D eigenvalue weighted by Gasteiger charge is 2.14. The molecule has 0 atom stereocenters. The average Bonchev–Trinajstić information content (AvgIpc) is 3.28. The third-order valence-electron chi connectivity index (χ3n) is 5.54. The summed E-state index contributed by atoms with van der Waals surface area (Å²) in [6, 6.07) is 29.2. The van der Waals surface area contributed by atoms with Crippen LogP contribution >= 0.6 is 0 Å². The Hall–Kier alpha value is -3.50. The minimum atomic E-state index is 0.0230. The Balaban J connectivity index is 1.71. The lowest BCUT2D eigenvalue weighted by Gasteiger charge is -2.08. The molecule has 0 unspecified atom stereocenters. The maximum atomic E-state index is 9.51. The highest BCUT2D eigenvalue weighted by atomic mass is 16.3. The molecule has 2 heterocycles. The van der Waals surface area contributed by atoms with E-state index in [2.05, 4.69) is 65.2 Å². The number of furan rings is 1. The zero-order valence-electron chi connectivity index (χ0n) is 15.1. The summed E-state index contributed by atoms with van der Waals surface area (Å²) in [5, 5.41) is 14.1. The highest BCUT2D eigenvalue weighted by Crippen LogP contribution is 2.34. The fourth-order valence-corrected chi connectivity index (χ4v) is 4.25. The molecular formula is C24H16BNO2. The number of fused-ring (bicyclic) bond motifs is 6. The summed E-state index contributed by atoms with van der Waals surface area (Å²) >= 11 is 0. The standard InChI is InChI=1S/C24H16BNO2/c27-25-15-9-11-23-19(13-15)20-14-16(10-12-24(20)28-23)26-21-7-3-1-5-17(21)18-6-2-4-8-22(18)26/h1-14,25,27H. The molecule has 4 heteroatoms. The van der Waals surface area contributed by atoms with Gasteiger partial charge in [-0.05, 0) is 36.4 Å². The van der Waals surface area contributed by atoms with Crippen LogP contribution in [0.2, 0.25) is 0 Å². The molecule has 6 rings (SSSR count). The van der Waals surface area contributed by atoms with Crippen molar-refractivity contribution < 1.29 is 9.44 Å². The van der Waals surface area contributed by atoms with Gasteiger partial charge >= 0.3 is 7.48 Å². The fraction of sp³-hybridized carbons (Fsp3) is 0. The molecule has 0 bridgehead atoms. The highest BCUT2D eigenvalue weighted by molar-refractivity contribution is 6.46. The molecule has 0 fully saturated rings. The molecule has 0 aliphatic heterocycles. The molecule has 0 aliphatic rings. The SMILES string of the molecule is OBc1ccc2oc3ccc(-n4c5ccccc5c5ccccc54)cc3c2c1. The van der Waals surface area contributed by atoms with Crippen molar-refractivity contribution in [2.75, 3.05) is 0 Å². The van der Waals surface area contributed by atoms with E-state index in [4.69, 9.17) is 4.42 Å². The van der Waals surface area contributed by atoms with Crippen LogP contribution in [-0.2, 0) is 0 Å². The van der Waals surface area contributed by atoms with E-state index in [1.165, 1.54) is 21.8 Å². The zero-order valence-corrected chi connectivity index (χ0v) is 15.1. The Morgan fingerprint density at radius 3 is 1.93 bits per heavy atom. The topological polar surface area (TPSA) is 38.3 Å². The van der Waals surface area contributed by atoms with Crippen molar-refractivity contribution in [3.05, 3.63) is 84.9 Å². The Labute approximate surface area is 161 Å². The summed E-state index contributed by atoms with van der Waals surface area (Å²) in [4.78, 5) is 0. The van der Waals surface area contributed by atoms with Crippen LogP contribution in [0.5, 0.6) is 0 Å². The lowest BCUT2D eigenvalue weighted by atomic mass is 9.88. The molecule has 132 valence electrons. The van der Waals surface area contributed by atoms with Crippen LogP contribution < -0.4 is 5.46 Å². The maximum absolute atomic E-state index is 9.51. The minimum Gasteiger partial charge on any atom is -0.456 e. The Kier molecular flexibility index (Phi) is 3.19. The van der Waals surface area contributed by atoms with Gasteiger partial charge in [-0.2, -0.15) is 0 Å². The van der Waals surface area contributed by atoms with E-state index in [1.807, 2.05) is 24.3 Å². The van der Waals surface area contributed by atoms with Crippen molar-refractivity contribution in [1.82, 2.24) is 4.57 Å². The smallest absolute Gasteiger partial charge is 0.304 e. The van der Waals surface area contributed by atoms with Gasteiger partial charge in [0.2, 0.25) is 0 Å². The molecule has 0 spiro atoms. The molecule has 0 saturated carbocycles. The van der Waals surface area contributed by atoms with E-state index < -0.39 is 0 Å². The van der Waals surface area contributed by atoms with E-state index >= 15 is 0 Å². The zero-order chi connectivity index (χ0) is 18.7. The number of aromatic nitrogens is 1. The summed E-state index contributed by atoms with van der Waals surface area (Å²) < 4.78 is 8.31. The van der Waals surface area contributed by atoms with Gasteiger partial charge in [0.05, 0.1) is 11.0 Å². The third-order valence-corrected chi connectivity index (χ3v) is 5.54. The first-order chi connectivity index (χ1) is 13.8. The summed E-state index contributed by atoms with van der Waals surface area (Å²) in [6.07, 6.45) is 0. The molecular weight excluding hydrogens is 345 g/mol. The van der Waals surface area contributed by atoms with Crippen LogP contribution in [0.15, 0.2) is 89.3 Å². The Bertz CT molecular complexity index is 1460. The van der Waals surface area contributed by atoms with Crippen molar-refractivity contribution in [1.29, 1.82) is 0 Å². The summed E-state index contributed by atoms with van der Waals surface area (Å²) in [6.45, 7) is 0. The molecule has 28 heavy (non-hydrogen) atoms. The van der Waals surface area contributed by atoms with E-state index in [-0.39, 0.29) is 7.48 Å². The molecule has 0 radical (unpaired) electrons. The average molecular weight is 361 g/mol. The largest absolute Gasteiger partial charge is 0.456 e. The second-order valence-corrected chi connectivity index (χ2v) is 7.14. The van der Waals surface area contributed by atoms with Crippen LogP contribution in [0.1, 0.15) is 0 Å². The first kappa shape index (κ1) is 15.6. The molecule has 4 aromatic carbocycles. The van der Waals surface area contributed by atoms with Gasteiger partial charge in [-0.15, -0.1) is 0 Å². The molecule has 0 aliphatic carbocycles. The van der Waals surface area contributed by atoms with Gasteiger partial charge < -0.3 is 14.0 Å². The van der Waals surface area contributed by atoms with Crippen LogP contribution in [-0.4, -0.2) is 17.1 Å². The number of hydrogen-bond acceptors (Lipinski definition) is 2. The van der Waals surface area contributed by atoms with Gasteiger partial charge in [0, 0.05) is 27.2 Å². The monoisotopic (exact) mass is 361 g/mol. The van der Waals surface area contributed by atoms with E-state index in [9.17, 15) is 5.02 Å². The van der Waals surface area contributed by atoms with Crippen LogP contribution in [0, 0.1) is 0 Å². The normalized spacial score (nSPS) is 11.8. The van der Waals surface area contributed by atoms with Crippen molar-refractivity contribution in [3.8, 4) is 5.69 Å². The quantitative estimate of drug-likeness (QED) is 0.456. The second kappa shape index (κ2) is 5.75. The van der Waals surface area contributed by atoms with E-state index in [0.717, 1.165) is 33.1 Å². The van der Waals surface area contributed by atoms with Crippen LogP contribution in [0.25, 0.3) is 49.4 Å². The number of rotatable bonds is 2. The van der Waals surface area contributed by atoms with Crippen molar-refractivity contribution in [3.63, 3.8) is 0 Å². The van der Waals surface area contributed by atoms with Gasteiger partial charge in [-0.25, -0.2) is 0 Å². The molecule has 3 nitrogen and oxygen atoms in total. The van der Waals surface area contributed by atoms with Crippen molar-refractivity contribution in [2.24, 2.45) is 0 Å². The molecule has 0 saturated heterocycles. The molecule has 0 amide bonds. The molecule has 6 aromatic rings. The maximum Gasteiger partial charge on any atom is 0.304 e. The number of nitrogens with zero attached hydrogens (tertiary/aromatic N) is 1. The van der Waals surface area contributed by atoms with Gasteiger partial charge in [-0.3, -0.25) is 0 Å². The lowest BCUT2D eigenvalue weighted by Crippen LogP contribution is -2.11. The van der Waals surface area contributed by atoms with Gasteiger partial charge in [0.25, 0.3) is 0 Å². The predicted octanol–water partition coefficient (Wildman–Crippen LogP) is 4.65. The van der Waals surface area contributed by atoms with Crippen LogP contribution in [0.4, 0.5) is 0 Å². The lowest BCUT2D eigenvalue weighted by molar-refractivity contribution is 0.615. The summed E-state index contributed by atoms with van der Waals surface area (Å²) in [5.74, 6) is 0. The van der Waals surface area contributed by atoms with Crippen LogP contribution in [0.3, 0.4) is 0 Å². The van der Waals surface area contributed by atoms with E-state index in [1.54, 1.807) is 0 Å². The fourth-order valence-electron chi connectivity index (χ4n) is 4.25. The number of para-hydroxylation sites is 2. The molecule has 2 aromatic heterocycles. The minimum absolute atomic E-state index is 0.0230. The van der Waals surface area contributed by atoms with E-state index in [0.29, 0.717) is 0 Å². The van der Waals surface area contributed by atoms with Gasteiger partial charge in [0.1, 0.15) is 11.2 Å². The Morgan fingerprint density at radius 1 is 0.643 bits per heavy atom. The van der Waals surface area contributed by atoms with Crippen molar-refractivity contribution >= 4 is 56.7 Å². The Morgan fingerprint density at radius 2 is 1.25 bits per heavy atom. The van der Waals surface area contributed by atoms with Crippen molar-refractivity contribution in [2.45, 2.75) is 0 Å². The van der Waals surface area contributed by atoms with Gasteiger partial charge in [-0.1, -0.05) is 54.0 Å². The summed E-state index contributed by atoms with van der Waals surface area (Å²) in [5.41, 5.74) is 6.06. The summed E-state index contributed by atoms with van der Waals surface area (Å²) in [7, 11) is 0.0230. The number of hydrogen-bond donors (Lipinski definition) is 1. The molecule has 1 N–H and O–H groups in total. The first-order valence-electron chi connectivity index (χ1n) is 9.38. The van der Waals surface area contributed by atoms with Gasteiger partial charge in [0.15, 0.2) is 0 Å². The third kappa shape index (κ3) is 2.09. The second-order valence-electron chi connectivity index (χ2n) is 7.14. The first-order valence-corrected chi connectivity index (χ1v) is 9.38. The number of benzene rings is 4. The predicted molar refractivity (Wildman–Crippen MR) is 117 cm³/mol.